The minimum Gasteiger partial charge on any atom is -0.313 e. The summed E-state index contributed by atoms with van der Waals surface area (Å²) in [6, 6.07) is 2.03. The van der Waals surface area contributed by atoms with Crippen LogP contribution < -0.4 is 5.32 Å². The Kier molecular flexibility index (Phi) is 6.22. The number of hydrogen-bond donors (Lipinski definition) is 1. The van der Waals surface area contributed by atoms with Crippen LogP contribution in [0.25, 0.3) is 0 Å². The molecule has 4 nitrogen and oxygen atoms in total. The van der Waals surface area contributed by atoms with Gasteiger partial charge in [0.25, 0.3) is 10.0 Å². The number of thiophene rings is 1. The van der Waals surface area contributed by atoms with Crippen molar-refractivity contribution < 1.29 is 8.42 Å². The monoisotopic (exact) mass is 330 g/mol. The van der Waals surface area contributed by atoms with Crippen molar-refractivity contribution in [2.24, 2.45) is 0 Å². The van der Waals surface area contributed by atoms with Gasteiger partial charge in [-0.3, -0.25) is 0 Å². The third kappa shape index (κ3) is 4.06. The molecule has 120 valence electrons. The van der Waals surface area contributed by atoms with Gasteiger partial charge in [-0.15, -0.1) is 11.3 Å². The zero-order chi connectivity index (χ0) is 15.3. The summed E-state index contributed by atoms with van der Waals surface area (Å²) in [6.07, 6.45) is 5.38. The lowest BCUT2D eigenvalue weighted by Crippen LogP contribution is -2.38. The molecule has 1 aliphatic rings. The summed E-state index contributed by atoms with van der Waals surface area (Å²) >= 11 is 1.35. The minimum absolute atomic E-state index is 0.198. The highest BCUT2D eigenvalue weighted by Crippen LogP contribution is 2.31. The van der Waals surface area contributed by atoms with E-state index in [0.29, 0.717) is 10.8 Å². The molecule has 1 heterocycles. The fourth-order valence-electron chi connectivity index (χ4n) is 2.92. The molecule has 0 bridgehead atoms. The molecule has 1 aromatic heterocycles. The van der Waals surface area contributed by atoms with Crippen molar-refractivity contribution in [3.63, 3.8) is 0 Å². The molecular formula is C15H26N2O2S2. The summed E-state index contributed by atoms with van der Waals surface area (Å²) in [7, 11) is -3.32. The van der Waals surface area contributed by atoms with Crippen LogP contribution in [-0.4, -0.2) is 31.9 Å². The first-order valence-electron chi connectivity index (χ1n) is 7.89. The van der Waals surface area contributed by atoms with Crippen molar-refractivity contribution in [2.75, 3.05) is 13.1 Å². The second-order valence-corrected chi connectivity index (χ2v) is 8.63. The molecule has 2 rings (SSSR count). The fraction of sp³-hybridized carbons (Fsp3) is 0.733. The Morgan fingerprint density at radius 2 is 2.05 bits per heavy atom. The smallest absolute Gasteiger partial charge is 0.252 e. The van der Waals surface area contributed by atoms with E-state index in [9.17, 15) is 8.42 Å². The first-order valence-corrected chi connectivity index (χ1v) is 10.2. The molecule has 0 aromatic carbocycles. The Balaban J connectivity index is 2.10. The van der Waals surface area contributed by atoms with Crippen LogP contribution in [0.4, 0.5) is 0 Å². The zero-order valence-electron chi connectivity index (χ0n) is 13.0. The van der Waals surface area contributed by atoms with Crippen molar-refractivity contribution in [2.45, 2.75) is 62.7 Å². The molecule has 1 aliphatic carbocycles. The molecule has 6 heteroatoms. The van der Waals surface area contributed by atoms with Gasteiger partial charge < -0.3 is 5.32 Å². The van der Waals surface area contributed by atoms with E-state index in [1.807, 2.05) is 18.4 Å². The van der Waals surface area contributed by atoms with Crippen LogP contribution in [0, 0.1) is 0 Å². The summed E-state index contributed by atoms with van der Waals surface area (Å²) in [6.45, 7) is 6.33. The van der Waals surface area contributed by atoms with Gasteiger partial charge in [0.1, 0.15) is 4.21 Å². The number of hydrogen-bond acceptors (Lipinski definition) is 4. The SMILES string of the molecule is CCCNCc1csc(S(=O)(=O)N(CC)C2CCCC2)c1. The topological polar surface area (TPSA) is 49.4 Å². The molecule has 0 spiro atoms. The van der Waals surface area contributed by atoms with Crippen LogP contribution in [0.1, 0.15) is 51.5 Å². The predicted molar refractivity (Wildman–Crippen MR) is 88.1 cm³/mol. The van der Waals surface area contributed by atoms with E-state index in [4.69, 9.17) is 0 Å². The van der Waals surface area contributed by atoms with E-state index in [2.05, 4.69) is 12.2 Å². The van der Waals surface area contributed by atoms with E-state index in [1.54, 1.807) is 4.31 Å². The van der Waals surface area contributed by atoms with E-state index in [-0.39, 0.29) is 6.04 Å². The van der Waals surface area contributed by atoms with E-state index in [0.717, 1.165) is 50.8 Å². The molecule has 1 saturated carbocycles. The van der Waals surface area contributed by atoms with Crippen LogP contribution in [0.2, 0.25) is 0 Å². The maximum absolute atomic E-state index is 12.8. The second kappa shape index (κ2) is 7.72. The first-order chi connectivity index (χ1) is 10.1. The number of rotatable bonds is 8. The number of sulfonamides is 1. The van der Waals surface area contributed by atoms with Gasteiger partial charge in [0.15, 0.2) is 0 Å². The van der Waals surface area contributed by atoms with E-state index in [1.165, 1.54) is 11.3 Å². The Morgan fingerprint density at radius 1 is 1.33 bits per heavy atom. The molecule has 0 amide bonds. The Morgan fingerprint density at radius 3 is 2.67 bits per heavy atom. The molecule has 0 saturated heterocycles. The number of nitrogens with zero attached hydrogens (tertiary/aromatic N) is 1. The van der Waals surface area contributed by atoms with Crippen molar-refractivity contribution in [3.8, 4) is 0 Å². The molecule has 0 radical (unpaired) electrons. The van der Waals surface area contributed by atoms with Crippen LogP contribution in [-0.2, 0) is 16.6 Å². The fourth-order valence-corrected chi connectivity index (χ4v) is 5.95. The molecule has 1 aromatic rings. The second-order valence-electron chi connectivity index (χ2n) is 5.60. The van der Waals surface area contributed by atoms with Gasteiger partial charge in [0.2, 0.25) is 0 Å². The quantitative estimate of drug-likeness (QED) is 0.745. The largest absolute Gasteiger partial charge is 0.313 e. The third-order valence-electron chi connectivity index (χ3n) is 3.99. The normalized spacial score (nSPS) is 16.9. The molecule has 1 fully saturated rings. The van der Waals surface area contributed by atoms with Crippen LogP contribution in [0.15, 0.2) is 15.7 Å². The summed E-state index contributed by atoms with van der Waals surface area (Å²) in [5.74, 6) is 0. The predicted octanol–water partition coefficient (Wildman–Crippen LogP) is 3.20. The van der Waals surface area contributed by atoms with Gasteiger partial charge in [0.05, 0.1) is 0 Å². The highest BCUT2D eigenvalue weighted by atomic mass is 32.2. The van der Waals surface area contributed by atoms with Gasteiger partial charge in [-0.05, 0) is 42.8 Å². The van der Waals surface area contributed by atoms with Gasteiger partial charge in [0, 0.05) is 19.1 Å². The lowest BCUT2D eigenvalue weighted by Gasteiger charge is -2.25. The average molecular weight is 331 g/mol. The van der Waals surface area contributed by atoms with Gasteiger partial charge in [-0.1, -0.05) is 26.7 Å². The molecule has 0 atom stereocenters. The first kappa shape index (κ1) is 16.9. The third-order valence-corrected chi connectivity index (χ3v) is 7.48. The number of nitrogens with one attached hydrogen (secondary N) is 1. The summed E-state index contributed by atoms with van der Waals surface area (Å²) < 4.78 is 27.8. The Labute approximate surface area is 132 Å². The molecule has 0 unspecified atom stereocenters. The standard InChI is InChI=1S/C15H26N2O2S2/c1-3-9-16-11-13-10-15(20-12-13)21(18,19)17(4-2)14-7-5-6-8-14/h10,12,14,16H,3-9,11H2,1-2H3. The molecule has 1 N–H and O–H groups in total. The Bertz CT molecular complexity index is 534. The molecule has 21 heavy (non-hydrogen) atoms. The lowest BCUT2D eigenvalue weighted by molar-refractivity contribution is 0.336. The van der Waals surface area contributed by atoms with Crippen molar-refractivity contribution in [1.82, 2.24) is 9.62 Å². The van der Waals surface area contributed by atoms with Crippen molar-refractivity contribution in [1.29, 1.82) is 0 Å². The van der Waals surface area contributed by atoms with E-state index >= 15 is 0 Å². The maximum Gasteiger partial charge on any atom is 0.252 e. The van der Waals surface area contributed by atoms with Crippen LogP contribution >= 0.6 is 11.3 Å². The van der Waals surface area contributed by atoms with Crippen molar-refractivity contribution in [3.05, 3.63) is 17.0 Å². The zero-order valence-corrected chi connectivity index (χ0v) is 14.6. The van der Waals surface area contributed by atoms with Gasteiger partial charge in [-0.25, -0.2) is 8.42 Å². The van der Waals surface area contributed by atoms with Gasteiger partial charge >= 0.3 is 0 Å². The highest BCUT2D eigenvalue weighted by molar-refractivity contribution is 7.91. The Hall–Kier alpha value is -0.430. The highest BCUT2D eigenvalue weighted by Gasteiger charge is 2.32. The molecule has 0 aliphatic heterocycles. The lowest BCUT2D eigenvalue weighted by atomic mass is 10.2. The summed E-state index contributed by atoms with van der Waals surface area (Å²) in [5, 5.41) is 5.27. The van der Waals surface area contributed by atoms with Crippen LogP contribution in [0.3, 0.4) is 0 Å². The van der Waals surface area contributed by atoms with Crippen LogP contribution in [0.5, 0.6) is 0 Å². The summed E-state index contributed by atoms with van der Waals surface area (Å²) in [4.78, 5) is 0. The minimum atomic E-state index is -3.32. The maximum atomic E-state index is 12.8. The summed E-state index contributed by atoms with van der Waals surface area (Å²) in [5.41, 5.74) is 1.06. The van der Waals surface area contributed by atoms with Gasteiger partial charge in [-0.2, -0.15) is 4.31 Å². The van der Waals surface area contributed by atoms with Crippen molar-refractivity contribution >= 4 is 21.4 Å². The average Bonchev–Trinajstić information content (AvgIpc) is 3.11. The molecular weight excluding hydrogens is 304 g/mol. The van der Waals surface area contributed by atoms with E-state index < -0.39 is 10.0 Å².